The minimum absolute atomic E-state index is 0.0343. The number of alkyl halides is 1. The van der Waals surface area contributed by atoms with Crippen LogP contribution in [-0.2, 0) is 6.54 Å². The molecule has 1 saturated heterocycles. The van der Waals surface area contributed by atoms with Crippen molar-refractivity contribution in [1.82, 2.24) is 29.7 Å². The number of hydrogen-bond acceptors (Lipinski definition) is 6. The molecule has 0 unspecified atom stereocenters. The SMILES string of the molecule is C1CN1.O=Cc1ncn2c(=O)n(CCF)nnc12. The number of rotatable bonds is 3. The van der Waals surface area contributed by atoms with Gasteiger partial charge in [-0.25, -0.2) is 18.6 Å². The Morgan fingerprint density at radius 2 is 2.22 bits per heavy atom. The van der Waals surface area contributed by atoms with Crippen molar-refractivity contribution in [2.45, 2.75) is 6.54 Å². The summed E-state index contributed by atoms with van der Waals surface area (Å²) in [7, 11) is 0. The molecule has 96 valence electrons. The van der Waals surface area contributed by atoms with Gasteiger partial charge < -0.3 is 5.32 Å². The molecule has 9 heteroatoms. The van der Waals surface area contributed by atoms with Crippen LogP contribution in [0.3, 0.4) is 0 Å². The van der Waals surface area contributed by atoms with Crippen LogP contribution in [0.1, 0.15) is 10.5 Å². The van der Waals surface area contributed by atoms with E-state index in [0.29, 0.717) is 6.29 Å². The lowest BCUT2D eigenvalue weighted by Crippen LogP contribution is -2.30. The number of aromatic nitrogens is 5. The van der Waals surface area contributed by atoms with E-state index in [1.165, 1.54) is 13.1 Å². The fraction of sp³-hybridized carbons (Fsp3) is 0.444. The van der Waals surface area contributed by atoms with E-state index in [0.717, 1.165) is 15.4 Å². The van der Waals surface area contributed by atoms with Crippen molar-refractivity contribution in [3.05, 3.63) is 22.5 Å². The normalized spacial score (nSPS) is 12.9. The molecule has 1 aliphatic rings. The maximum Gasteiger partial charge on any atom is 0.353 e. The van der Waals surface area contributed by atoms with Crippen LogP contribution in [0, 0.1) is 0 Å². The molecule has 0 radical (unpaired) electrons. The van der Waals surface area contributed by atoms with Crippen LogP contribution in [0.25, 0.3) is 5.65 Å². The molecule has 1 fully saturated rings. The molecule has 2 aromatic rings. The number of carbonyl (C=O) groups is 1. The highest BCUT2D eigenvalue weighted by atomic mass is 19.1. The van der Waals surface area contributed by atoms with E-state index in [1.54, 1.807) is 0 Å². The smallest absolute Gasteiger partial charge is 0.314 e. The van der Waals surface area contributed by atoms with Crippen LogP contribution in [0.4, 0.5) is 4.39 Å². The third-order valence-corrected chi connectivity index (χ3v) is 2.10. The third-order valence-electron chi connectivity index (χ3n) is 2.10. The molecule has 0 aliphatic carbocycles. The van der Waals surface area contributed by atoms with E-state index in [-0.39, 0.29) is 17.9 Å². The number of aryl methyl sites for hydroxylation is 1. The summed E-state index contributed by atoms with van der Waals surface area (Å²) in [6.07, 6.45) is 1.63. The second kappa shape index (κ2) is 5.45. The van der Waals surface area contributed by atoms with Gasteiger partial charge in [0.25, 0.3) is 0 Å². The third kappa shape index (κ3) is 2.56. The van der Waals surface area contributed by atoms with Gasteiger partial charge in [-0.15, -0.1) is 5.10 Å². The number of aldehydes is 1. The molecule has 1 aliphatic heterocycles. The van der Waals surface area contributed by atoms with Crippen molar-refractivity contribution >= 4 is 11.9 Å². The molecule has 0 bridgehead atoms. The topological polar surface area (TPSA) is 104 Å². The van der Waals surface area contributed by atoms with Crippen molar-refractivity contribution < 1.29 is 9.18 Å². The Kier molecular flexibility index (Phi) is 3.72. The number of hydrogen-bond donors (Lipinski definition) is 1. The molecule has 0 saturated carbocycles. The van der Waals surface area contributed by atoms with Crippen LogP contribution in [-0.4, -0.2) is 50.4 Å². The van der Waals surface area contributed by atoms with E-state index < -0.39 is 12.4 Å². The molecule has 1 N–H and O–H groups in total. The number of imidazole rings is 1. The van der Waals surface area contributed by atoms with E-state index >= 15 is 0 Å². The fourth-order valence-corrected chi connectivity index (χ4v) is 1.16. The summed E-state index contributed by atoms with van der Waals surface area (Å²) >= 11 is 0. The monoisotopic (exact) mass is 254 g/mol. The molecule has 3 rings (SSSR count). The highest BCUT2D eigenvalue weighted by Crippen LogP contribution is 1.98. The summed E-state index contributed by atoms with van der Waals surface area (Å²) in [5.41, 5.74) is -0.463. The van der Waals surface area contributed by atoms with Gasteiger partial charge in [-0.3, -0.25) is 4.79 Å². The van der Waals surface area contributed by atoms with E-state index in [9.17, 15) is 14.0 Å². The Morgan fingerprint density at radius 1 is 1.50 bits per heavy atom. The minimum atomic E-state index is -0.713. The molecule has 8 nitrogen and oxygen atoms in total. The number of halogens is 1. The lowest BCUT2D eigenvalue weighted by Gasteiger charge is -1.99. The number of nitrogens with zero attached hydrogens (tertiary/aromatic N) is 5. The van der Waals surface area contributed by atoms with E-state index in [4.69, 9.17) is 0 Å². The van der Waals surface area contributed by atoms with Gasteiger partial charge >= 0.3 is 5.69 Å². The maximum absolute atomic E-state index is 12.0. The molecule has 0 amide bonds. The first-order valence-corrected chi connectivity index (χ1v) is 5.30. The largest absolute Gasteiger partial charge is 0.353 e. The summed E-state index contributed by atoms with van der Waals surface area (Å²) < 4.78 is 13.9. The summed E-state index contributed by atoms with van der Waals surface area (Å²) in [5.74, 6) is 0. The minimum Gasteiger partial charge on any atom is -0.314 e. The van der Waals surface area contributed by atoms with Crippen LogP contribution in [0.5, 0.6) is 0 Å². The summed E-state index contributed by atoms with van der Waals surface area (Å²) in [6.45, 7) is 1.62. The van der Waals surface area contributed by atoms with Crippen molar-refractivity contribution in [2.24, 2.45) is 0 Å². The highest BCUT2D eigenvalue weighted by molar-refractivity contribution is 5.80. The Labute approximate surface area is 100 Å². The second-order valence-corrected chi connectivity index (χ2v) is 3.48. The Morgan fingerprint density at radius 3 is 2.78 bits per heavy atom. The van der Waals surface area contributed by atoms with Crippen molar-refractivity contribution in [1.29, 1.82) is 0 Å². The molecule has 3 heterocycles. The molecule has 0 aromatic carbocycles. The van der Waals surface area contributed by atoms with E-state index in [2.05, 4.69) is 20.6 Å². The standard InChI is InChI=1S/C7H6FN5O2.C2H5N/c8-1-2-13-7(15)12-4-9-5(3-14)6(12)10-11-13;1-2-3-1/h3-4H,1-2H2;3H,1-2H2. The number of nitrogens with one attached hydrogen (secondary N) is 1. The van der Waals surface area contributed by atoms with Crippen molar-refractivity contribution in [3.63, 3.8) is 0 Å². The van der Waals surface area contributed by atoms with Crippen LogP contribution >= 0.6 is 0 Å². The van der Waals surface area contributed by atoms with Crippen molar-refractivity contribution in [2.75, 3.05) is 19.8 Å². The van der Waals surface area contributed by atoms with Gasteiger partial charge in [0.05, 0.1) is 6.54 Å². The Balaban J connectivity index is 0.000000350. The fourth-order valence-electron chi connectivity index (χ4n) is 1.16. The summed E-state index contributed by atoms with van der Waals surface area (Å²) in [4.78, 5) is 25.7. The van der Waals surface area contributed by atoms with Gasteiger partial charge in [0, 0.05) is 13.1 Å². The number of carbonyl (C=O) groups excluding carboxylic acids is 1. The quantitative estimate of drug-likeness (QED) is 0.537. The van der Waals surface area contributed by atoms with Crippen LogP contribution in [0.15, 0.2) is 11.1 Å². The Hall–Kier alpha value is -2.16. The first-order valence-electron chi connectivity index (χ1n) is 5.30. The molecule has 2 aromatic heterocycles. The van der Waals surface area contributed by atoms with Gasteiger partial charge in [-0.05, 0) is 0 Å². The van der Waals surface area contributed by atoms with Gasteiger partial charge in [-0.1, -0.05) is 5.21 Å². The Bertz CT molecular complexity index is 602. The first kappa shape index (κ1) is 12.3. The van der Waals surface area contributed by atoms with Gasteiger partial charge in [0.2, 0.25) is 0 Å². The van der Waals surface area contributed by atoms with Crippen molar-refractivity contribution in [3.8, 4) is 0 Å². The highest BCUT2D eigenvalue weighted by Gasteiger charge is 2.09. The van der Waals surface area contributed by atoms with Crippen LogP contribution < -0.4 is 11.0 Å². The zero-order valence-electron chi connectivity index (χ0n) is 9.41. The first-order chi connectivity index (χ1) is 8.77. The van der Waals surface area contributed by atoms with Gasteiger partial charge in [-0.2, -0.15) is 4.68 Å². The lowest BCUT2D eigenvalue weighted by molar-refractivity contribution is 0.112. The summed E-state index contributed by atoms with van der Waals surface area (Å²) in [6, 6.07) is 0. The predicted molar refractivity (Wildman–Crippen MR) is 59.3 cm³/mol. The zero-order chi connectivity index (χ0) is 13.0. The molecule has 0 spiro atoms. The zero-order valence-corrected chi connectivity index (χ0v) is 9.41. The average molecular weight is 254 g/mol. The van der Waals surface area contributed by atoms with Gasteiger partial charge in [0.1, 0.15) is 18.7 Å². The lowest BCUT2D eigenvalue weighted by atomic mass is 10.5. The maximum atomic E-state index is 12.0. The van der Waals surface area contributed by atoms with Gasteiger partial charge in [0.15, 0.2) is 11.9 Å². The molecular formula is C9H11FN6O2. The molecular weight excluding hydrogens is 243 g/mol. The summed E-state index contributed by atoms with van der Waals surface area (Å²) in [5, 5.41) is 10.1. The second-order valence-electron chi connectivity index (χ2n) is 3.48. The van der Waals surface area contributed by atoms with E-state index in [1.807, 2.05) is 0 Å². The molecule has 18 heavy (non-hydrogen) atoms. The average Bonchev–Trinajstić information content (AvgIpc) is 3.20. The number of fused-ring (bicyclic) bond motifs is 1. The molecule has 0 atom stereocenters. The predicted octanol–water partition coefficient (Wildman–Crippen LogP) is -1.34. The van der Waals surface area contributed by atoms with Crippen LogP contribution in [0.2, 0.25) is 0 Å².